The maximum atomic E-state index is 10.6. The first-order valence-corrected chi connectivity index (χ1v) is 5.42. The minimum atomic E-state index is -0.487. The van der Waals surface area contributed by atoms with Crippen LogP contribution in [0.15, 0.2) is 29.4 Å². The lowest BCUT2D eigenvalue weighted by Gasteiger charge is -2.18. The van der Waals surface area contributed by atoms with E-state index in [4.69, 9.17) is 5.73 Å². The molecule has 0 atom stereocenters. The Morgan fingerprint density at radius 2 is 1.76 bits per heavy atom. The Hall–Kier alpha value is -1.84. The van der Waals surface area contributed by atoms with Crippen LogP contribution in [0.4, 0.5) is 0 Å². The zero-order chi connectivity index (χ0) is 13.1. The molecule has 2 N–H and O–H groups in total. The predicted octanol–water partition coefficient (Wildman–Crippen LogP) is 2.17. The maximum Gasteiger partial charge on any atom is 0.332 e. The third kappa shape index (κ3) is 3.90. The number of oxime groups is 1. The van der Waals surface area contributed by atoms with Crippen LogP contribution in [0.5, 0.6) is 0 Å². The Bertz CT molecular complexity index is 428. The van der Waals surface area contributed by atoms with Gasteiger partial charge in [0.05, 0.1) is 0 Å². The Labute approximate surface area is 101 Å². The summed E-state index contributed by atoms with van der Waals surface area (Å²) in [7, 11) is 0. The highest BCUT2D eigenvalue weighted by Gasteiger charge is 2.13. The first-order valence-electron chi connectivity index (χ1n) is 5.42. The summed E-state index contributed by atoms with van der Waals surface area (Å²) in [6.07, 6.45) is 0. The third-order valence-corrected chi connectivity index (χ3v) is 2.32. The van der Waals surface area contributed by atoms with Gasteiger partial charge < -0.3 is 10.6 Å². The van der Waals surface area contributed by atoms with E-state index in [1.807, 2.05) is 24.3 Å². The molecule has 0 aliphatic carbocycles. The molecule has 92 valence electrons. The van der Waals surface area contributed by atoms with Crippen molar-refractivity contribution in [1.82, 2.24) is 0 Å². The van der Waals surface area contributed by atoms with Gasteiger partial charge in [-0.15, -0.1) is 0 Å². The second kappa shape index (κ2) is 4.99. The molecule has 0 bridgehead atoms. The number of nitrogens with zero attached hydrogens (tertiary/aromatic N) is 1. The Morgan fingerprint density at radius 3 is 2.18 bits per heavy atom. The fourth-order valence-electron chi connectivity index (χ4n) is 1.31. The second-order valence-corrected chi connectivity index (χ2v) is 4.89. The molecule has 0 saturated carbocycles. The predicted molar refractivity (Wildman–Crippen MR) is 67.6 cm³/mol. The second-order valence-electron chi connectivity index (χ2n) is 4.89. The van der Waals surface area contributed by atoms with Crippen LogP contribution >= 0.6 is 0 Å². The molecule has 0 saturated heterocycles. The number of carbonyl (C=O) groups excluding carboxylic acids is 1. The number of hydrogen-bond donors (Lipinski definition) is 1. The largest absolute Gasteiger partial charge is 0.380 e. The van der Waals surface area contributed by atoms with Gasteiger partial charge in [0.2, 0.25) is 0 Å². The molecule has 0 spiro atoms. The zero-order valence-electron chi connectivity index (χ0n) is 10.7. The molecule has 0 aliphatic heterocycles. The number of benzene rings is 1. The topological polar surface area (TPSA) is 64.7 Å². The molecule has 1 aromatic rings. The molecule has 4 heteroatoms. The number of carbonyl (C=O) groups is 1. The van der Waals surface area contributed by atoms with Gasteiger partial charge >= 0.3 is 5.97 Å². The van der Waals surface area contributed by atoms with Gasteiger partial charge in [-0.05, 0) is 11.0 Å². The summed E-state index contributed by atoms with van der Waals surface area (Å²) in [5.74, 6) is -0.292. The van der Waals surface area contributed by atoms with Gasteiger partial charge in [0, 0.05) is 12.5 Å². The van der Waals surface area contributed by atoms with Gasteiger partial charge in [-0.1, -0.05) is 50.2 Å². The minimum Gasteiger partial charge on any atom is -0.380 e. The van der Waals surface area contributed by atoms with Crippen molar-refractivity contribution in [2.24, 2.45) is 10.9 Å². The molecule has 1 aromatic carbocycles. The van der Waals surface area contributed by atoms with E-state index in [1.165, 1.54) is 12.5 Å². The summed E-state index contributed by atoms with van der Waals surface area (Å²) in [5, 5.41) is 3.53. The monoisotopic (exact) mass is 234 g/mol. The zero-order valence-corrected chi connectivity index (χ0v) is 10.7. The average Bonchev–Trinajstić information content (AvgIpc) is 2.25. The van der Waals surface area contributed by atoms with Crippen LogP contribution in [0.3, 0.4) is 0 Å². The van der Waals surface area contributed by atoms with E-state index in [0.717, 1.165) is 5.56 Å². The Kier molecular flexibility index (Phi) is 3.89. The van der Waals surface area contributed by atoms with Crippen LogP contribution in [0.1, 0.15) is 38.8 Å². The fraction of sp³-hybridized carbons (Fsp3) is 0.385. The number of nitrogens with two attached hydrogens (primary N) is 1. The van der Waals surface area contributed by atoms with Crippen LogP contribution in [0.25, 0.3) is 0 Å². The van der Waals surface area contributed by atoms with E-state index in [-0.39, 0.29) is 11.3 Å². The van der Waals surface area contributed by atoms with Crippen molar-refractivity contribution < 1.29 is 9.63 Å². The number of rotatable bonds is 2. The lowest BCUT2D eigenvalue weighted by Crippen LogP contribution is -2.16. The molecule has 4 nitrogen and oxygen atoms in total. The van der Waals surface area contributed by atoms with Crippen LogP contribution in [-0.2, 0) is 15.0 Å². The van der Waals surface area contributed by atoms with E-state index in [0.29, 0.717) is 0 Å². The molecule has 0 fully saturated rings. The van der Waals surface area contributed by atoms with Crippen molar-refractivity contribution in [2.75, 3.05) is 0 Å². The van der Waals surface area contributed by atoms with Crippen LogP contribution in [0.2, 0.25) is 0 Å². The first kappa shape index (κ1) is 13.2. The van der Waals surface area contributed by atoms with E-state index in [2.05, 4.69) is 30.8 Å². The quantitative estimate of drug-likeness (QED) is 0.369. The highest BCUT2D eigenvalue weighted by Crippen LogP contribution is 2.22. The summed E-state index contributed by atoms with van der Waals surface area (Å²) in [6, 6.07) is 7.71. The van der Waals surface area contributed by atoms with E-state index in [9.17, 15) is 4.79 Å². The summed E-state index contributed by atoms with van der Waals surface area (Å²) in [5.41, 5.74) is 7.72. The van der Waals surface area contributed by atoms with Gasteiger partial charge in [0.1, 0.15) is 0 Å². The lowest BCUT2D eigenvalue weighted by molar-refractivity contribution is -0.140. The normalized spacial score (nSPS) is 12.4. The molecule has 0 radical (unpaired) electrons. The Balaban J connectivity index is 2.88. The minimum absolute atomic E-state index is 0.0975. The lowest BCUT2D eigenvalue weighted by atomic mass is 9.87. The van der Waals surface area contributed by atoms with Crippen LogP contribution < -0.4 is 5.73 Å². The van der Waals surface area contributed by atoms with E-state index < -0.39 is 5.97 Å². The number of hydrogen-bond acceptors (Lipinski definition) is 3. The summed E-state index contributed by atoms with van der Waals surface area (Å²) in [4.78, 5) is 15.1. The van der Waals surface area contributed by atoms with Gasteiger partial charge in [0.15, 0.2) is 5.84 Å². The van der Waals surface area contributed by atoms with E-state index in [1.54, 1.807) is 0 Å². The molecule has 0 aliphatic rings. The van der Waals surface area contributed by atoms with Gasteiger partial charge in [-0.2, -0.15) is 0 Å². The van der Waals surface area contributed by atoms with Gasteiger partial charge in [-0.3, -0.25) is 0 Å². The van der Waals surface area contributed by atoms with Crippen molar-refractivity contribution in [1.29, 1.82) is 0 Å². The molecule has 0 unspecified atom stereocenters. The average molecular weight is 234 g/mol. The van der Waals surface area contributed by atoms with Crippen molar-refractivity contribution in [3.63, 3.8) is 0 Å². The highest BCUT2D eigenvalue weighted by molar-refractivity contribution is 5.97. The van der Waals surface area contributed by atoms with Gasteiger partial charge in [-0.25, -0.2) is 4.79 Å². The molecular formula is C13H18N2O2. The molecule has 17 heavy (non-hydrogen) atoms. The fourth-order valence-corrected chi connectivity index (χ4v) is 1.31. The van der Waals surface area contributed by atoms with Crippen LogP contribution in [-0.4, -0.2) is 11.8 Å². The Morgan fingerprint density at radius 1 is 1.24 bits per heavy atom. The van der Waals surface area contributed by atoms with Crippen molar-refractivity contribution >= 4 is 11.8 Å². The van der Waals surface area contributed by atoms with Crippen LogP contribution in [0, 0.1) is 0 Å². The highest BCUT2D eigenvalue weighted by atomic mass is 16.7. The van der Waals surface area contributed by atoms with Crippen molar-refractivity contribution in [2.45, 2.75) is 33.1 Å². The van der Waals surface area contributed by atoms with E-state index >= 15 is 0 Å². The summed E-state index contributed by atoms with van der Waals surface area (Å²) in [6.45, 7) is 7.69. The first-order chi connectivity index (χ1) is 7.80. The number of amidine groups is 1. The summed E-state index contributed by atoms with van der Waals surface area (Å²) < 4.78 is 0. The molecule has 0 heterocycles. The smallest absolute Gasteiger partial charge is 0.332 e. The van der Waals surface area contributed by atoms with Crippen molar-refractivity contribution in [3.05, 3.63) is 35.4 Å². The molecular weight excluding hydrogens is 216 g/mol. The molecule has 0 aromatic heterocycles. The standard InChI is InChI=1S/C13H18N2O2/c1-9(16)17-15-12(14)10-5-7-11(8-6-10)13(2,3)4/h5-8H,1-4H3,(H2,14,15). The third-order valence-electron chi connectivity index (χ3n) is 2.32. The summed E-state index contributed by atoms with van der Waals surface area (Å²) >= 11 is 0. The molecule has 0 amide bonds. The SMILES string of the molecule is CC(=O)O/N=C(\N)c1ccc(C(C)(C)C)cc1. The molecule has 1 rings (SSSR count). The van der Waals surface area contributed by atoms with Gasteiger partial charge in [0.25, 0.3) is 0 Å². The maximum absolute atomic E-state index is 10.6. The van der Waals surface area contributed by atoms with Crippen molar-refractivity contribution in [3.8, 4) is 0 Å².